The molecule has 2 heteroatoms. The summed E-state index contributed by atoms with van der Waals surface area (Å²) in [6.45, 7) is 3.02. The first-order chi connectivity index (χ1) is 7.27. The number of aryl methyl sites for hydroxylation is 1. The molecule has 1 aliphatic rings. The van der Waals surface area contributed by atoms with Gasteiger partial charge >= 0.3 is 0 Å². The molecule has 2 atom stereocenters. The summed E-state index contributed by atoms with van der Waals surface area (Å²) in [5, 5.41) is 0.0919. The van der Waals surface area contributed by atoms with Gasteiger partial charge in [-0.3, -0.25) is 0 Å². The van der Waals surface area contributed by atoms with E-state index in [1.165, 1.54) is 17.5 Å². The Hall–Kier alpha value is -0.530. The van der Waals surface area contributed by atoms with Crippen molar-refractivity contribution in [1.29, 1.82) is 0 Å². The van der Waals surface area contributed by atoms with Gasteiger partial charge in [-0.25, -0.2) is 0 Å². The molecular formula is C13H17ClO. The highest BCUT2D eigenvalue weighted by Gasteiger charge is 2.21. The molecule has 1 nitrogen and oxygen atoms in total. The Balaban J connectivity index is 2.00. The van der Waals surface area contributed by atoms with Crippen LogP contribution in [0.4, 0.5) is 0 Å². The maximum absolute atomic E-state index is 6.41. The molecule has 1 aromatic rings. The van der Waals surface area contributed by atoms with E-state index in [9.17, 15) is 0 Å². The molecule has 0 bridgehead atoms. The van der Waals surface area contributed by atoms with Gasteiger partial charge in [0.1, 0.15) is 0 Å². The minimum Gasteiger partial charge on any atom is -0.378 e. The van der Waals surface area contributed by atoms with Crippen molar-refractivity contribution in [2.75, 3.05) is 6.61 Å². The van der Waals surface area contributed by atoms with Crippen LogP contribution in [0.25, 0.3) is 0 Å². The van der Waals surface area contributed by atoms with Crippen LogP contribution in [0.5, 0.6) is 0 Å². The van der Waals surface area contributed by atoms with Crippen LogP contribution in [-0.2, 0) is 4.74 Å². The fourth-order valence-electron chi connectivity index (χ4n) is 2.13. The zero-order valence-electron chi connectivity index (χ0n) is 9.08. The molecule has 1 aromatic carbocycles. The van der Waals surface area contributed by atoms with E-state index in [2.05, 4.69) is 25.1 Å². The number of alkyl halides is 1. The molecule has 1 saturated heterocycles. The summed E-state index contributed by atoms with van der Waals surface area (Å²) in [4.78, 5) is 0. The maximum Gasteiger partial charge on any atom is 0.0612 e. The smallest absolute Gasteiger partial charge is 0.0612 e. The van der Waals surface area contributed by atoms with Crippen LogP contribution < -0.4 is 0 Å². The highest BCUT2D eigenvalue weighted by atomic mass is 35.5. The lowest BCUT2D eigenvalue weighted by Crippen LogP contribution is -2.08. The highest BCUT2D eigenvalue weighted by molar-refractivity contribution is 6.20. The first-order valence-corrected chi connectivity index (χ1v) is 6.02. The zero-order chi connectivity index (χ0) is 10.7. The van der Waals surface area contributed by atoms with Crippen molar-refractivity contribution in [2.45, 2.75) is 37.7 Å². The van der Waals surface area contributed by atoms with Gasteiger partial charge in [0.25, 0.3) is 0 Å². The monoisotopic (exact) mass is 224 g/mol. The van der Waals surface area contributed by atoms with Crippen LogP contribution in [0, 0.1) is 6.92 Å². The zero-order valence-corrected chi connectivity index (χ0v) is 9.83. The van der Waals surface area contributed by atoms with Crippen molar-refractivity contribution >= 4 is 11.6 Å². The molecule has 0 amide bonds. The van der Waals surface area contributed by atoms with Crippen molar-refractivity contribution in [2.24, 2.45) is 0 Å². The lowest BCUT2D eigenvalue weighted by molar-refractivity contribution is 0.103. The van der Waals surface area contributed by atoms with Crippen molar-refractivity contribution < 1.29 is 4.74 Å². The number of hydrogen-bond donors (Lipinski definition) is 0. The summed E-state index contributed by atoms with van der Waals surface area (Å²) in [5.41, 5.74) is 2.52. The van der Waals surface area contributed by atoms with Crippen LogP contribution >= 0.6 is 11.6 Å². The summed E-state index contributed by atoms with van der Waals surface area (Å²) < 4.78 is 5.60. The average molecular weight is 225 g/mol. The SMILES string of the molecule is Cc1ccccc1C(Cl)CC1CCCO1. The van der Waals surface area contributed by atoms with Crippen molar-refractivity contribution in [3.63, 3.8) is 0 Å². The van der Waals surface area contributed by atoms with Crippen molar-refractivity contribution in [3.05, 3.63) is 35.4 Å². The van der Waals surface area contributed by atoms with E-state index >= 15 is 0 Å². The fraction of sp³-hybridized carbons (Fsp3) is 0.538. The molecule has 0 aliphatic carbocycles. The summed E-state index contributed by atoms with van der Waals surface area (Å²) in [6, 6.07) is 8.32. The third kappa shape index (κ3) is 2.73. The van der Waals surface area contributed by atoms with Crippen LogP contribution in [0.15, 0.2) is 24.3 Å². The second kappa shape index (κ2) is 5.00. The average Bonchev–Trinajstić information content (AvgIpc) is 2.71. The van der Waals surface area contributed by atoms with Crippen molar-refractivity contribution in [3.8, 4) is 0 Å². The molecule has 0 N–H and O–H groups in total. The lowest BCUT2D eigenvalue weighted by Gasteiger charge is -2.16. The van der Waals surface area contributed by atoms with E-state index in [-0.39, 0.29) is 5.38 Å². The van der Waals surface area contributed by atoms with Gasteiger partial charge in [-0.15, -0.1) is 11.6 Å². The fourth-order valence-corrected chi connectivity index (χ4v) is 2.57. The lowest BCUT2D eigenvalue weighted by atomic mass is 10.0. The van der Waals surface area contributed by atoms with Gasteiger partial charge in [0.2, 0.25) is 0 Å². The third-order valence-corrected chi connectivity index (χ3v) is 3.43. The van der Waals surface area contributed by atoms with Gasteiger partial charge in [-0.2, -0.15) is 0 Å². The molecular weight excluding hydrogens is 208 g/mol. The topological polar surface area (TPSA) is 9.23 Å². The van der Waals surface area contributed by atoms with Crippen LogP contribution in [0.1, 0.15) is 35.8 Å². The van der Waals surface area contributed by atoms with Gasteiger partial charge in [0.05, 0.1) is 11.5 Å². The molecule has 0 aromatic heterocycles. The van der Waals surface area contributed by atoms with E-state index in [1.54, 1.807) is 0 Å². The van der Waals surface area contributed by atoms with E-state index in [4.69, 9.17) is 16.3 Å². The number of benzene rings is 1. The van der Waals surface area contributed by atoms with Crippen molar-refractivity contribution in [1.82, 2.24) is 0 Å². The molecule has 0 radical (unpaired) electrons. The molecule has 15 heavy (non-hydrogen) atoms. The van der Waals surface area contributed by atoms with E-state index in [0.29, 0.717) is 6.10 Å². The normalized spacial score (nSPS) is 22.9. The molecule has 2 unspecified atom stereocenters. The predicted molar refractivity (Wildman–Crippen MR) is 63.4 cm³/mol. The van der Waals surface area contributed by atoms with Gasteiger partial charge in [0.15, 0.2) is 0 Å². The predicted octanol–water partition coefficient (Wildman–Crippen LogP) is 3.84. The van der Waals surface area contributed by atoms with Crippen LogP contribution in [0.2, 0.25) is 0 Å². The number of rotatable bonds is 3. The Kier molecular flexibility index (Phi) is 3.66. The number of hydrogen-bond acceptors (Lipinski definition) is 1. The Bertz CT molecular complexity index is 318. The first-order valence-electron chi connectivity index (χ1n) is 5.58. The second-order valence-electron chi connectivity index (χ2n) is 4.19. The summed E-state index contributed by atoms with van der Waals surface area (Å²) in [5.74, 6) is 0. The van der Waals surface area contributed by atoms with Gasteiger partial charge in [-0.05, 0) is 37.3 Å². The molecule has 82 valence electrons. The number of ether oxygens (including phenoxy) is 1. The molecule has 1 heterocycles. The maximum atomic E-state index is 6.41. The molecule has 1 aliphatic heterocycles. The van der Waals surface area contributed by atoms with E-state index in [0.717, 1.165) is 19.4 Å². The Morgan fingerprint density at radius 2 is 2.27 bits per heavy atom. The minimum atomic E-state index is 0.0919. The number of halogens is 1. The van der Waals surface area contributed by atoms with Crippen LogP contribution in [-0.4, -0.2) is 12.7 Å². The van der Waals surface area contributed by atoms with Crippen LogP contribution in [0.3, 0.4) is 0 Å². The molecule has 2 rings (SSSR count). The van der Waals surface area contributed by atoms with E-state index in [1.807, 2.05) is 6.07 Å². The summed E-state index contributed by atoms with van der Waals surface area (Å²) in [7, 11) is 0. The molecule has 0 spiro atoms. The summed E-state index contributed by atoms with van der Waals surface area (Å²) >= 11 is 6.41. The Morgan fingerprint density at radius 3 is 2.93 bits per heavy atom. The Labute approximate surface area is 96.4 Å². The molecule has 0 saturated carbocycles. The van der Waals surface area contributed by atoms with Gasteiger partial charge < -0.3 is 4.74 Å². The summed E-state index contributed by atoms with van der Waals surface area (Å²) in [6.07, 6.45) is 3.65. The van der Waals surface area contributed by atoms with E-state index < -0.39 is 0 Å². The quantitative estimate of drug-likeness (QED) is 0.709. The third-order valence-electron chi connectivity index (χ3n) is 3.02. The first kappa shape index (κ1) is 11.0. The largest absolute Gasteiger partial charge is 0.378 e. The minimum absolute atomic E-state index is 0.0919. The van der Waals surface area contributed by atoms with Gasteiger partial charge in [-0.1, -0.05) is 24.3 Å². The van der Waals surface area contributed by atoms with Gasteiger partial charge in [0, 0.05) is 6.61 Å². The standard InChI is InChI=1S/C13H17ClO/c1-10-5-2-3-7-12(10)13(14)9-11-6-4-8-15-11/h2-3,5,7,11,13H,4,6,8-9H2,1H3. The highest BCUT2D eigenvalue weighted by Crippen LogP contribution is 2.31. The molecule has 1 fully saturated rings. The second-order valence-corrected chi connectivity index (χ2v) is 4.72. The Morgan fingerprint density at radius 1 is 1.47 bits per heavy atom.